The molecular weight excluding hydrogens is 204 g/mol. The lowest BCUT2D eigenvalue weighted by atomic mass is 9.90. The molecule has 0 spiro atoms. The van der Waals surface area contributed by atoms with E-state index in [0.29, 0.717) is 0 Å². The van der Waals surface area contributed by atoms with E-state index in [0.717, 1.165) is 5.92 Å². The van der Waals surface area contributed by atoms with Gasteiger partial charge in [-0.3, -0.25) is 0 Å². The molecule has 0 nitrogen and oxygen atoms in total. The van der Waals surface area contributed by atoms with Crippen LogP contribution in [0.3, 0.4) is 0 Å². The molecule has 0 fully saturated rings. The largest absolute Gasteiger partial charge is 0.0683 e. The third-order valence-electron chi connectivity index (χ3n) is 3.03. The summed E-state index contributed by atoms with van der Waals surface area (Å²) in [7, 11) is 0. The Hall–Kier alpha value is -0.780. The molecule has 0 radical (unpaired) electrons. The highest BCUT2D eigenvalue weighted by Crippen LogP contribution is 2.19. The zero-order valence-corrected chi connectivity index (χ0v) is 12.2. The van der Waals surface area contributed by atoms with Crippen LogP contribution in [0.25, 0.3) is 0 Å². The van der Waals surface area contributed by atoms with Crippen LogP contribution >= 0.6 is 0 Å². The van der Waals surface area contributed by atoms with E-state index in [-0.39, 0.29) is 0 Å². The Morgan fingerprint density at radius 1 is 0.882 bits per heavy atom. The molecule has 0 bridgehead atoms. The molecule has 0 saturated carbocycles. The van der Waals surface area contributed by atoms with E-state index in [4.69, 9.17) is 0 Å². The number of rotatable bonds is 7. The predicted octanol–water partition coefficient (Wildman–Crippen LogP) is 5.86. The monoisotopic (exact) mass is 234 g/mol. The second-order valence-electron chi connectivity index (χ2n) is 4.49. The van der Waals surface area contributed by atoms with Crippen LogP contribution in [-0.2, 0) is 6.42 Å². The van der Waals surface area contributed by atoms with Gasteiger partial charge in [0.25, 0.3) is 0 Å². The van der Waals surface area contributed by atoms with E-state index in [1.165, 1.54) is 44.1 Å². The van der Waals surface area contributed by atoms with Crippen molar-refractivity contribution in [1.82, 2.24) is 0 Å². The first kappa shape index (κ1) is 16.2. The van der Waals surface area contributed by atoms with Crippen LogP contribution in [0.4, 0.5) is 0 Å². The van der Waals surface area contributed by atoms with Gasteiger partial charge in [-0.25, -0.2) is 0 Å². The summed E-state index contributed by atoms with van der Waals surface area (Å²) < 4.78 is 0. The molecule has 0 heteroatoms. The molecule has 0 saturated heterocycles. The fraction of sp³-hybridized carbons (Fsp3) is 0.647. The van der Waals surface area contributed by atoms with Crippen LogP contribution < -0.4 is 0 Å². The van der Waals surface area contributed by atoms with Crippen molar-refractivity contribution >= 4 is 0 Å². The summed E-state index contributed by atoms with van der Waals surface area (Å²) >= 11 is 0. The van der Waals surface area contributed by atoms with Gasteiger partial charge >= 0.3 is 0 Å². The molecule has 0 amide bonds. The first-order chi connectivity index (χ1) is 8.36. The van der Waals surface area contributed by atoms with Crippen LogP contribution in [0.2, 0.25) is 0 Å². The second-order valence-corrected chi connectivity index (χ2v) is 4.49. The van der Waals surface area contributed by atoms with Crippen molar-refractivity contribution in [3.8, 4) is 0 Å². The van der Waals surface area contributed by atoms with Crippen LogP contribution in [0.5, 0.6) is 0 Å². The summed E-state index contributed by atoms with van der Waals surface area (Å²) in [5.74, 6) is 0.900. The van der Waals surface area contributed by atoms with Gasteiger partial charge in [-0.05, 0) is 17.9 Å². The molecule has 1 unspecified atom stereocenters. The van der Waals surface area contributed by atoms with Crippen molar-refractivity contribution in [2.45, 2.75) is 66.2 Å². The van der Waals surface area contributed by atoms with Crippen LogP contribution in [0.1, 0.15) is 65.4 Å². The maximum absolute atomic E-state index is 2.30. The van der Waals surface area contributed by atoms with Crippen molar-refractivity contribution in [2.24, 2.45) is 5.92 Å². The Morgan fingerprint density at radius 2 is 1.53 bits per heavy atom. The lowest BCUT2D eigenvalue weighted by Gasteiger charge is -2.15. The summed E-state index contributed by atoms with van der Waals surface area (Å²) in [6, 6.07) is 10.9. The zero-order valence-electron chi connectivity index (χ0n) is 12.2. The van der Waals surface area contributed by atoms with Crippen molar-refractivity contribution in [3.05, 3.63) is 35.9 Å². The molecular formula is C17H30. The lowest BCUT2D eigenvalue weighted by Crippen LogP contribution is -2.04. The molecule has 1 aromatic carbocycles. The fourth-order valence-corrected chi connectivity index (χ4v) is 2.20. The van der Waals surface area contributed by atoms with E-state index >= 15 is 0 Å². The Labute approximate surface area is 108 Å². The standard InChI is InChI=1S/C15H24.C2H6/c1-3-5-10-14(9-4-2)13-15-11-7-6-8-12-15;1-2/h6-8,11-12,14H,3-5,9-10,13H2,1-2H3;1-2H3. The zero-order chi connectivity index (χ0) is 12.9. The van der Waals surface area contributed by atoms with E-state index in [2.05, 4.69) is 44.2 Å². The molecule has 0 aromatic heterocycles. The van der Waals surface area contributed by atoms with Gasteiger partial charge < -0.3 is 0 Å². The average Bonchev–Trinajstić information content (AvgIpc) is 2.40. The molecule has 0 aliphatic heterocycles. The Bertz CT molecular complexity index is 237. The van der Waals surface area contributed by atoms with Gasteiger partial charge in [0.1, 0.15) is 0 Å². The number of unbranched alkanes of at least 4 members (excludes halogenated alkanes) is 1. The minimum absolute atomic E-state index is 0.900. The van der Waals surface area contributed by atoms with Crippen molar-refractivity contribution in [3.63, 3.8) is 0 Å². The number of hydrogen-bond acceptors (Lipinski definition) is 0. The van der Waals surface area contributed by atoms with Crippen LogP contribution in [0.15, 0.2) is 30.3 Å². The smallest absolute Gasteiger partial charge is 0.0250 e. The Kier molecular flexibility index (Phi) is 11.2. The molecule has 17 heavy (non-hydrogen) atoms. The first-order valence-corrected chi connectivity index (χ1v) is 7.40. The predicted molar refractivity (Wildman–Crippen MR) is 79.4 cm³/mol. The van der Waals surface area contributed by atoms with E-state index in [1.807, 2.05) is 13.8 Å². The lowest BCUT2D eigenvalue weighted by molar-refractivity contribution is 0.427. The van der Waals surface area contributed by atoms with Crippen molar-refractivity contribution in [1.29, 1.82) is 0 Å². The summed E-state index contributed by atoms with van der Waals surface area (Å²) in [5.41, 5.74) is 1.51. The topological polar surface area (TPSA) is 0 Å². The van der Waals surface area contributed by atoms with Gasteiger partial charge in [-0.1, -0.05) is 90.1 Å². The van der Waals surface area contributed by atoms with Gasteiger partial charge in [-0.2, -0.15) is 0 Å². The first-order valence-electron chi connectivity index (χ1n) is 7.40. The summed E-state index contributed by atoms with van der Waals surface area (Å²) in [6.07, 6.45) is 8.09. The molecule has 0 aliphatic rings. The van der Waals surface area contributed by atoms with Gasteiger partial charge in [0, 0.05) is 0 Å². The summed E-state index contributed by atoms with van der Waals surface area (Å²) in [4.78, 5) is 0. The van der Waals surface area contributed by atoms with Gasteiger partial charge in [0.2, 0.25) is 0 Å². The average molecular weight is 234 g/mol. The van der Waals surface area contributed by atoms with Crippen molar-refractivity contribution in [2.75, 3.05) is 0 Å². The van der Waals surface area contributed by atoms with Crippen LogP contribution in [0, 0.1) is 5.92 Å². The highest BCUT2D eigenvalue weighted by molar-refractivity contribution is 5.15. The minimum atomic E-state index is 0.900. The van der Waals surface area contributed by atoms with Gasteiger partial charge in [-0.15, -0.1) is 0 Å². The molecule has 98 valence electrons. The quantitative estimate of drug-likeness (QED) is 0.554. The molecule has 0 heterocycles. The van der Waals surface area contributed by atoms with E-state index < -0.39 is 0 Å². The minimum Gasteiger partial charge on any atom is -0.0683 e. The SMILES string of the molecule is CC.CCCCC(CCC)Cc1ccccc1. The fourth-order valence-electron chi connectivity index (χ4n) is 2.20. The molecule has 1 aromatic rings. The second kappa shape index (κ2) is 11.7. The number of benzene rings is 1. The summed E-state index contributed by atoms with van der Waals surface area (Å²) in [5, 5.41) is 0. The van der Waals surface area contributed by atoms with Gasteiger partial charge in [0.15, 0.2) is 0 Å². The third kappa shape index (κ3) is 8.01. The van der Waals surface area contributed by atoms with E-state index in [1.54, 1.807) is 0 Å². The van der Waals surface area contributed by atoms with Crippen LogP contribution in [-0.4, -0.2) is 0 Å². The maximum atomic E-state index is 2.30. The van der Waals surface area contributed by atoms with Gasteiger partial charge in [0.05, 0.1) is 0 Å². The Balaban J connectivity index is 0.00000121. The highest BCUT2D eigenvalue weighted by atomic mass is 14.1. The number of hydrogen-bond donors (Lipinski definition) is 0. The molecule has 1 rings (SSSR count). The molecule has 0 aliphatic carbocycles. The normalized spacial score (nSPS) is 11.5. The van der Waals surface area contributed by atoms with Crippen molar-refractivity contribution < 1.29 is 0 Å². The maximum Gasteiger partial charge on any atom is -0.0250 e. The Morgan fingerprint density at radius 3 is 2.06 bits per heavy atom. The summed E-state index contributed by atoms with van der Waals surface area (Å²) in [6.45, 7) is 8.58. The highest BCUT2D eigenvalue weighted by Gasteiger charge is 2.07. The van der Waals surface area contributed by atoms with E-state index in [9.17, 15) is 0 Å². The molecule has 1 atom stereocenters. The third-order valence-corrected chi connectivity index (χ3v) is 3.03. The molecule has 0 N–H and O–H groups in total.